The van der Waals surface area contributed by atoms with Gasteiger partial charge in [-0.2, -0.15) is 0 Å². The molecule has 0 amide bonds. The van der Waals surface area contributed by atoms with Gasteiger partial charge in [0.05, 0.1) is 37.4 Å². The molecule has 9 heteroatoms. The minimum atomic E-state index is -1.42. The number of allylic oxidation sites excluding steroid dienone is 8. The third kappa shape index (κ3) is 13.6. The van der Waals surface area contributed by atoms with Crippen molar-refractivity contribution in [1.82, 2.24) is 0 Å². The third-order valence-corrected chi connectivity index (χ3v) is 9.93. The smallest absolute Gasteiger partial charge is 0.294 e. The number of aliphatic hydroxyl groups is 5. The molecule has 51 heavy (non-hydrogen) atoms. The summed E-state index contributed by atoms with van der Waals surface area (Å²) < 4.78 is 17.0. The molecule has 1 aliphatic heterocycles. The van der Waals surface area contributed by atoms with Crippen LogP contribution in [-0.4, -0.2) is 70.3 Å². The molecule has 1 aromatic heterocycles. The molecule has 0 spiro atoms. The molecule has 1 aromatic rings. The zero-order chi connectivity index (χ0) is 38.5. The van der Waals surface area contributed by atoms with Crippen molar-refractivity contribution in [3.05, 3.63) is 86.9 Å². The van der Waals surface area contributed by atoms with Crippen LogP contribution in [-0.2, 0) is 10.2 Å². The van der Waals surface area contributed by atoms with Crippen LogP contribution in [0, 0.1) is 23.7 Å². The first-order valence-electron chi connectivity index (χ1n) is 18.5. The monoisotopic (exact) mass is 714 g/mol. The van der Waals surface area contributed by atoms with Crippen LogP contribution in [0.2, 0.25) is 0 Å². The predicted molar refractivity (Wildman–Crippen MR) is 204 cm³/mol. The average Bonchev–Trinajstić information content (AvgIpc) is 3.07. The lowest BCUT2D eigenvalue weighted by Crippen LogP contribution is -2.46. The van der Waals surface area contributed by atoms with Crippen LogP contribution in [0.1, 0.15) is 112 Å². The number of rotatable bonds is 19. The summed E-state index contributed by atoms with van der Waals surface area (Å²) in [7, 11) is 1.31. The second-order valence-corrected chi connectivity index (χ2v) is 15.5. The highest BCUT2D eigenvalue weighted by molar-refractivity contribution is 5.32. The Morgan fingerprint density at radius 1 is 1.04 bits per heavy atom. The summed E-state index contributed by atoms with van der Waals surface area (Å²) in [5.41, 5.74) is 1.80. The van der Waals surface area contributed by atoms with Crippen molar-refractivity contribution in [2.45, 2.75) is 130 Å². The minimum absolute atomic E-state index is 0.0174. The van der Waals surface area contributed by atoms with E-state index in [0.717, 1.165) is 31.3 Å². The summed E-state index contributed by atoms with van der Waals surface area (Å²) in [5.74, 6) is 1.44. The van der Waals surface area contributed by atoms with Gasteiger partial charge in [-0.25, -0.2) is 0 Å². The number of hydrogen-bond donors (Lipinski definition) is 5. The molecule has 1 fully saturated rings. The standard InChI is InChI=1S/C42H66O9/c1-11-26(2)17-27(3)13-12-14-28(4)18-30(6)19-31(7)21-32(24-43)20-29(5)15-16-36(47)42(8,9)37-23-34(45)38(41(49-10)51-37)40-39(48)35(46)22-33(25-44)50-40/h12-17,20,23,26,30-33,35-36,39-40,43-44,46-48H,11,18-19,21-22,24-25H2,1-10H3/b13-12+,16-15+,27-17+,28-14+,29-20+/t26?,30?,31?,32?,33-,35-,36?,39+,40-/m0/s1. The van der Waals surface area contributed by atoms with Crippen molar-refractivity contribution in [3.8, 4) is 5.95 Å². The van der Waals surface area contributed by atoms with E-state index in [0.29, 0.717) is 17.8 Å². The van der Waals surface area contributed by atoms with Crippen LogP contribution >= 0.6 is 0 Å². The van der Waals surface area contributed by atoms with E-state index in [9.17, 15) is 30.3 Å². The average molecular weight is 715 g/mol. The second kappa shape index (κ2) is 21.0. The van der Waals surface area contributed by atoms with Crippen LogP contribution in [0.4, 0.5) is 0 Å². The fraction of sp³-hybridized carbons (Fsp3) is 0.643. The van der Waals surface area contributed by atoms with E-state index >= 15 is 0 Å². The van der Waals surface area contributed by atoms with Crippen LogP contribution < -0.4 is 10.2 Å². The summed E-state index contributed by atoms with van der Waals surface area (Å²) in [6.45, 7) is 18.3. The van der Waals surface area contributed by atoms with Gasteiger partial charge in [0, 0.05) is 25.0 Å². The van der Waals surface area contributed by atoms with E-state index in [1.165, 1.54) is 24.3 Å². The highest BCUT2D eigenvalue weighted by atomic mass is 16.6. The molecule has 1 saturated heterocycles. The molecule has 2 rings (SSSR count). The van der Waals surface area contributed by atoms with E-state index in [1.807, 2.05) is 13.0 Å². The quantitative estimate of drug-likeness (QED) is 0.0967. The molecule has 288 valence electrons. The fourth-order valence-corrected chi connectivity index (χ4v) is 6.76. The third-order valence-electron chi connectivity index (χ3n) is 9.93. The Hall–Kier alpha value is -2.79. The number of aliphatic hydroxyl groups excluding tert-OH is 5. The molecule has 1 aliphatic rings. The van der Waals surface area contributed by atoms with Gasteiger partial charge in [0.25, 0.3) is 5.95 Å². The van der Waals surface area contributed by atoms with Crippen molar-refractivity contribution in [1.29, 1.82) is 0 Å². The zero-order valence-electron chi connectivity index (χ0n) is 32.6. The Balaban J connectivity index is 2.08. The maximum atomic E-state index is 13.4. The lowest BCUT2D eigenvalue weighted by molar-refractivity contribution is -0.180. The molecule has 9 atom stereocenters. The largest absolute Gasteiger partial charge is 0.468 e. The van der Waals surface area contributed by atoms with Gasteiger partial charge >= 0.3 is 0 Å². The van der Waals surface area contributed by atoms with Gasteiger partial charge in [0.1, 0.15) is 23.5 Å². The number of methoxy groups -OCH3 is 1. The van der Waals surface area contributed by atoms with E-state index in [1.54, 1.807) is 26.0 Å². The second-order valence-electron chi connectivity index (χ2n) is 15.5. The van der Waals surface area contributed by atoms with Gasteiger partial charge in [-0.3, -0.25) is 4.79 Å². The molecule has 5 unspecified atom stereocenters. The summed E-state index contributed by atoms with van der Waals surface area (Å²) in [6.07, 6.45) is 12.6. The Bertz CT molecular complexity index is 1430. The minimum Gasteiger partial charge on any atom is -0.468 e. The Labute approximate surface area is 306 Å². The highest BCUT2D eigenvalue weighted by Crippen LogP contribution is 2.38. The molecule has 0 radical (unpaired) electrons. The SMILES string of the molecule is CCC(C)/C=C(C)/C=C/C=C(\C)CC(C)CC(C)CC(/C=C(C)/C=C/C(O)C(C)(C)c1cc(=O)c([C@@H]2O[C@H](CO)C[C@H](O)[C@H]2O)c(OC)o1)CO. The maximum absolute atomic E-state index is 13.4. The predicted octanol–water partition coefficient (Wildman–Crippen LogP) is 6.88. The van der Waals surface area contributed by atoms with E-state index in [4.69, 9.17) is 13.9 Å². The van der Waals surface area contributed by atoms with Gasteiger partial charge in [-0.05, 0) is 71.6 Å². The Morgan fingerprint density at radius 3 is 2.31 bits per heavy atom. The van der Waals surface area contributed by atoms with Gasteiger partial charge in [-0.1, -0.05) is 93.4 Å². The summed E-state index contributed by atoms with van der Waals surface area (Å²) in [6, 6.07) is 1.23. The van der Waals surface area contributed by atoms with Crippen LogP contribution in [0.3, 0.4) is 0 Å². The van der Waals surface area contributed by atoms with Crippen LogP contribution in [0.25, 0.3) is 0 Å². The summed E-state index contributed by atoms with van der Waals surface area (Å²) in [4.78, 5) is 13.4. The van der Waals surface area contributed by atoms with Crippen molar-refractivity contribution < 1.29 is 39.4 Å². The van der Waals surface area contributed by atoms with Crippen molar-refractivity contribution in [3.63, 3.8) is 0 Å². The molecule has 2 heterocycles. The molecular weight excluding hydrogens is 648 g/mol. The van der Waals surface area contributed by atoms with Gasteiger partial charge in [0.15, 0.2) is 5.43 Å². The first kappa shape index (κ1) is 44.4. The molecular formula is C42H66O9. The molecule has 9 nitrogen and oxygen atoms in total. The van der Waals surface area contributed by atoms with E-state index in [2.05, 4.69) is 65.8 Å². The van der Waals surface area contributed by atoms with Crippen molar-refractivity contribution in [2.75, 3.05) is 20.3 Å². The van der Waals surface area contributed by atoms with E-state index < -0.39 is 48.0 Å². The molecule has 0 aromatic carbocycles. The van der Waals surface area contributed by atoms with Crippen molar-refractivity contribution >= 4 is 0 Å². The molecule has 0 aliphatic carbocycles. The highest BCUT2D eigenvalue weighted by Gasteiger charge is 2.42. The molecule has 0 bridgehead atoms. The van der Waals surface area contributed by atoms with Crippen LogP contribution in [0.15, 0.2) is 74.5 Å². The summed E-state index contributed by atoms with van der Waals surface area (Å²) in [5, 5.41) is 51.8. The molecule has 0 saturated carbocycles. The topological polar surface area (TPSA) is 150 Å². The van der Waals surface area contributed by atoms with Gasteiger partial charge in [-0.15, -0.1) is 0 Å². The Kier molecular flexibility index (Phi) is 18.3. The van der Waals surface area contributed by atoms with Crippen LogP contribution in [0.5, 0.6) is 5.95 Å². The van der Waals surface area contributed by atoms with E-state index in [-0.39, 0.29) is 36.2 Å². The first-order chi connectivity index (χ1) is 24.0. The normalized spacial score (nSPS) is 24.2. The van der Waals surface area contributed by atoms with Gasteiger partial charge < -0.3 is 39.4 Å². The number of hydrogen-bond acceptors (Lipinski definition) is 9. The van der Waals surface area contributed by atoms with Crippen molar-refractivity contribution in [2.24, 2.45) is 23.7 Å². The molecule has 5 N–H and O–H groups in total. The van der Waals surface area contributed by atoms with Gasteiger partial charge in [0.2, 0.25) is 0 Å². The summed E-state index contributed by atoms with van der Waals surface area (Å²) >= 11 is 0. The maximum Gasteiger partial charge on any atom is 0.294 e. The lowest BCUT2D eigenvalue weighted by Gasteiger charge is -2.36. The Morgan fingerprint density at radius 2 is 1.71 bits per heavy atom. The number of ether oxygens (including phenoxy) is 2. The zero-order valence-corrected chi connectivity index (χ0v) is 32.6. The first-order valence-corrected chi connectivity index (χ1v) is 18.5. The lowest BCUT2D eigenvalue weighted by atomic mass is 9.82. The fourth-order valence-electron chi connectivity index (χ4n) is 6.76.